The summed E-state index contributed by atoms with van der Waals surface area (Å²) in [6.07, 6.45) is 3.90. The van der Waals surface area contributed by atoms with Gasteiger partial charge in [0.2, 0.25) is 0 Å². The molecule has 6 nitrogen and oxygen atoms in total. The fourth-order valence-electron chi connectivity index (χ4n) is 1.93. The van der Waals surface area contributed by atoms with E-state index in [1.54, 1.807) is 13.1 Å². The second kappa shape index (κ2) is 5.78. The molecule has 7 heteroatoms. The number of carbonyl (C=O) groups is 1. The number of hydrogen-bond donors (Lipinski definition) is 0. The van der Waals surface area contributed by atoms with Crippen molar-refractivity contribution in [1.29, 1.82) is 0 Å². The number of nitro groups is 1. The molecule has 1 aromatic rings. The van der Waals surface area contributed by atoms with E-state index < -0.39 is 4.92 Å². The lowest BCUT2D eigenvalue weighted by molar-refractivity contribution is -0.388. The molecule has 0 bridgehead atoms. The number of thioether (sulfide) groups is 1. The highest BCUT2D eigenvalue weighted by Crippen LogP contribution is 2.52. The van der Waals surface area contributed by atoms with Crippen molar-refractivity contribution in [3.63, 3.8) is 0 Å². The number of aryl methyl sites for hydroxylation is 1. The van der Waals surface area contributed by atoms with Gasteiger partial charge in [-0.1, -0.05) is 11.8 Å². The molecule has 1 aromatic heterocycles. The summed E-state index contributed by atoms with van der Waals surface area (Å²) in [7, 11) is 1.37. The molecule has 2 rings (SSSR count). The predicted molar refractivity (Wildman–Crippen MR) is 74.7 cm³/mol. The average Bonchev–Trinajstić information content (AvgIpc) is 3.17. The normalized spacial score (nSPS) is 15.7. The molecule has 0 atom stereocenters. The molecule has 0 radical (unpaired) electrons. The van der Waals surface area contributed by atoms with Gasteiger partial charge >= 0.3 is 11.7 Å². The summed E-state index contributed by atoms with van der Waals surface area (Å²) < 4.78 is 4.68. The van der Waals surface area contributed by atoms with Gasteiger partial charge in [-0.2, -0.15) is 0 Å². The minimum atomic E-state index is -0.414. The monoisotopic (exact) mass is 296 g/mol. The van der Waals surface area contributed by atoms with Gasteiger partial charge in [-0.3, -0.25) is 14.9 Å². The largest absolute Gasteiger partial charge is 0.469 e. The third kappa shape index (κ3) is 3.47. The summed E-state index contributed by atoms with van der Waals surface area (Å²) in [5, 5.41) is 11.4. The molecule has 0 saturated heterocycles. The number of ether oxygens (including phenoxy) is 1. The molecule has 0 unspecified atom stereocenters. The number of methoxy groups -OCH3 is 1. The van der Waals surface area contributed by atoms with Crippen LogP contribution >= 0.6 is 11.8 Å². The Bertz CT molecular complexity index is 543. The second-order valence-electron chi connectivity index (χ2n) is 5.14. The minimum Gasteiger partial charge on any atom is -0.469 e. The first-order valence-corrected chi connectivity index (χ1v) is 7.25. The van der Waals surface area contributed by atoms with Crippen LogP contribution in [0.1, 0.15) is 24.8 Å². The van der Waals surface area contributed by atoms with Gasteiger partial charge in [-0.15, -0.1) is 0 Å². The van der Waals surface area contributed by atoms with E-state index in [1.807, 2.05) is 0 Å². The first kappa shape index (κ1) is 14.8. The Morgan fingerprint density at radius 2 is 2.30 bits per heavy atom. The fourth-order valence-corrected chi connectivity index (χ4v) is 3.17. The zero-order valence-corrected chi connectivity index (χ0v) is 12.2. The maximum absolute atomic E-state index is 11.3. The second-order valence-corrected chi connectivity index (χ2v) is 6.10. The van der Waals surface area contributed by atoms with Gasteiger partial charge in [0.05, 0.1) is 18.5 Å². The number of rotatable bonds is 6. The van der Waals surface area contributed by atoms with Gasteiger partial charge in [0.1, 0.15) is 0 Å². The van der Waals surface area contributed by atoms with Gasteiger partial charge in [0, 0.05) is 18.0 Å². The van der Waals surface area contributed by atoms with E-state index in [-0.39, 0.29) is 17.1 Å². The Hall–Kier alpha value is -1.63. The van der Waals surface area contributed by atoms with Gasteiger partial charge in [-0.05, 0) is 30.7 Å². The minimum absolute atomic E-state index is 0.0314. The fraction of sp³-hybridized carbons (Fsp3) is 0.538. The maximum atomic E-state index is 11.3. The van der Waals surface area contributed by atoms with Crippen LogP contribution in [0.3, 0.4) is 0 Å². The number of aromatic nitrogens is 1. The lowest BCUT2D eigenvalue weighted by atomic mass is 10.1. The van der Waals surface area contributed by atoms with Gasteiger partial charge in [0.15, 0.2) is 5.03 Å². The highest BCUT2D eigenvalue weighted by molar-refractivity contribution is 7.99. The highest BCUT2D eigenvalue weighted by Gasteiger charge is 2.45. The number of pyridine rings is 1. The van der Waals surface area contributed by atoms with Crippen LogP contribution in [0.15, 0.2) is 17.3 Å². The smallest absolute Gasteiger partial charge is 0.306 e. The quantitative estimate of drug-likeness (QED) is 0.347. The Kier molecular flexibility index (Phi) is 4.27. The van der Waals surface area contributed by atoms with Crippen LogP contribution in [0.4, 0.5) is 5.69 Å². The molecule has 1 heterocycles. The first-order valence-electron chi connectivity index (χ1n) is 6.26. The molecular weight excluding hydrogens is 280 g/mol. The molecule has 1 aliphatic rings. The Morgan fingerprint density at radius 3 is 2.85 bits per heavy atom. The number of carbonyl (C=O) groups excluding carboxylic acids is 1. The SMILES string of the molecule is COC(=O)CC1(CSc2ncc(C)cc2[N+](=O)[O-])CC1. The van der Waals surface area contributed by atoms with Crippen molar-refractivity contribution in [2.24, 2.45) is 5.41 Å². The van der Waals surface area contributed by atoms with Crippen molar-refractivity contribution in [3.05, 3.63) is 27.9 Å². The molecular formula is C13H16N2O4S. The van der Waals surface area contributed by atoms with Crippen LogP contribution in [0.5, 0.6) is 0 Å². The Balaban J connectivity index is 2.04. The summed E-state index contributed by atoms with van der Waals surface area (Å²) in [4.78, 5) is 26.1. The molecule has 0 spiro atoms. The van der Waals surface area contributed by atoms with Gasteiger partial charge in [0.25, 0.3) is 0 Å². The lowest BCUT2D eigenvalue weighted by Gasteiger charge is -2.12. The van der Waals surface area contributed by atoms with Crippen molar-refractivity contribution < 1.29 is 14.5 Å². The molecule has 1 aliphatic carbocycles. The summed E-state index contributed by atoms with van der Waals surface area (Å²) in [6, 6.07) is 1.52. The molecule has 0 amide bonds. The number of hydrogen-bond acceptors (Lipinski definition) is 6. The van der Waals surface area contributed by atoms with E-state index in [2.05, 4.69) is 9.72 Å². The third-order valence-electron chi connectivity index (χ3n) is 3.38. The molecule has 20 heavy (non-hydrogen) atoms. The Labute approximate surface area is 121 Å². The molecule has 1 fully saturated rings. The first-order chi connectivity index (χ1) is 9.46. The average molecular weight is 296 g/mol. The van der Waals surface area contributed by atoms with Crippen LogP contribution in [0, 0.1) is 22.5 Å². The van der Waals surface area contributed by atoms with Crippen LogP contribution in [0.2, 0.25) is 0 Å². The Morgan fingerprint density at radius 1 is 1.60 bits per heavy atom. The number of esters is 1. The van der Waals surface area contributed by atoms with E-state index in [0.717, 1.165) is 18.4 Å². The molecule has 0 aromatic carbocycles. The summed E-state index contributed by atoms with van der Waals surface area (Å²) in [6.45, 7) is 1.77. The van der Waals surface area contributed by atoms with Crippen LogP contribution in [0.25, 0.3) is 0 Å². The van der Waals surface area contributed by atoms with Crippen molar-refractivity contribution in [2.45, 2.75) is 31.2 Å². The van der Waals surface area contributed by atoms with E-state index in [1.165, 1.54) is 24.9 Å². The van der Waals surface area contributed by atoms with Crippen molar-refractivity contribution >= 4 is 23.4 Å². The van der Waals surface area contributed by atoms with E-state index in [4.69, 9.17) is 0 Å². The van der Waals surface area contributed by atoms with Crippen molar-refractivity contribution in [1.82, 2.24) is 4.98 Å². The number of nitrogens with zero attached hydrogens (tertiary/aromatic N) is 2. The van der Waals surface area contributed by atoms with E-state index in [9.17, 15) is 14.9 Å². The summed E-state index contributed by atoms with van der Waals surface area (Å²) >= 11 is 1.35. The predicted octanol–water partition coefficient (Wildman–Crippen LogP) is 2.73. The van der Waals surface area contributed by atoms with Crippen molar-refractivity contribution in [3.8, 4) is 0 Å². The summed E-state index contributed by atoms with van der Waals surface area (Å²) in [5.41, 5.74) is 0.721. The molecule has 108 valence electrons. The molecule has 1 saturated carbocycles. The van der Waals surface area contributed by atoms with Crippen molar-refractivity contribution in [2.75, 3.05) is 12.9 Å². The zero-order valence-electron chi connectivity index (χ0n) is 11.4. The standard InChI is InChI=1S/C13H16N2O4S/c1-9-5-10(15(17)18)12(14-7-9)20-8-13(3-4-13)6-11(16)19-2/h5,7H,3-4,6,8H2,1-2H3. The third-order valence-corrected chi connectivity index (χ3v) is 4.73. The van der Waals surface area contributed by atoms with E-state index >= 15 is 0 Å². The lowest BCUT2D eigenvalue weighted by Crippen LogP contribution is -2.13. The van der Waals surface area contributed by atoms with Gasteiger partial charge in [-0.25, -0.2) is 4.98 Å². The van der Waals surface area contributed by atoms with Gasteiger partial charge < -0.3 is 4.74 Å². The zero-order chi connectivity index (χ0) is 14.8. The summed E-state index contributed by atoms with van der Waals surface area (Å²) in [5.74, 6) is 0.424. The van der Waals surface area contributed by atoms with E-state index in [0.29, 0.717) is 17.2 Å². The van der Waals surface area contributed by atoms with Crippen LogP contribution in [-0.2, 0) is 9.53 Å². The molecule has 0 N–H and O–H groups in total. The highest BCUT2D eigenvalue weighted by atomic mass is 32.2. The maximum Gasteiger partial charge on any atom is 0.306 e. The molecule has 0 aliphatic heterocycles. The van der Waals surface area contributed by atoms with Crippen LogP contribution in [-0.4, -0.2) is 28.7 Å². The topological polar surface area (TPSA) is 82.3 Å². The van der Waals surface area contributed by atoms with Crippen LogP contribution < -0.4 is 0 Å².